The number of anilines is 1. The van der Waals surface area contributed by atoms with Gasteiger partial charge >= 0.3 is 0 Å². The van der Waals surface area contributed by atoms with Gasteiger partial charge in [0.2, 0.25) is 5.91 Å². The second-order valence-corrected chi connectivity index (χ2v) is 9.99. The zero-order chi connectivity index (χ0) is 21.2. The highest BCUT2D eigenvalue weighted by atomic mass is 16.5. The van der Waals surface area contributed by atoms with Crippen molar-refractivity contribution >= 4 is 17.3 Å². The molecule has 0 aromatic heterocycles. The van der Waals surface area contributed by atoms with Crippen LogP contribution in [-0.2, 0) is 4.79 Å². The normalized spacial score (nSPS) is 32.8. The molecule has 1 aromatic rings. The summed E-state index contributed by atoms with van der Waals surface area (Å²) in [5, 5.41) is 23.1. The van der Waals surface area contributed by atoms with Gasteiger partial charge in [-0.2, -0.15) is 0 Å². The van der Waals surface area contributed by atoms with Crippen LogP contribution in [0, 0.1) is 17.2 Å². The topological polar surface area (TPSA) is 85.7 Å². The molecular weight excluding hydrogens is 378 g/mol. The van der Waals surface area contributed by atoms with E-state index in [9.17, 15) is 9.90 Å². The van der Waals surface area contributed by atoms with E-state index in [1.54, 1.807) is 7.11 Å². The van der Waals surface area contributed by atoms with Crippen molar-refractivity contribution in [2.24, 2.45) is 11.8 Å². The number of amides is 1. The summed E-state index contributed by atoms with van der Waals surface area (Å²) in [6.45, 7) is 1.88. The van der Waals surface area contributed by atoms with Gasteiger partial charge in [-0.3, -0.25) is 4.79 Å². The third kappa shape index (κ3) is 3.03. The van der Waals surface area contributed by atoms with Crippen LogP contribution in [0.3, 0.4) is 0 Å². The van der Waals surface area contributed by atoms with Crippen molar-refractivity contribution in [1.82, 2.24) is 4.90 Å². The minimum Gasteiger partial charge on any atom is -0.496 e. The van der Waals surface area contributed by atoms with Crippen molar-refractivity contribution in [2.75, 3.05) is 19.5 Å². The molecule has 3 atom stereocenters. The van der Waals surface area contributed by atoms with E-state index in [1.807, 2.05) is 31.0 Å². The molecule has 2 aliphatic heterocycles. The van der Waals surface area contributed by atoms with Crippen molar-refractivity contribution in [1.29, 1.82) is 5.41 Å². The van der Waals surface area contributed by atoms with Gasteiger partial charge in [-0.25, -0.2) is 0 Å². The molecule has 6 rings (SSSR count). The van der Waals surface area contributed by atoms with E-state index >= 15 is 0 Å². The van der Waals surface area contributed by atoms with Gasteiger partial charge in [0.25, 0.3) is 0 Å². The number of ether oxygens (including phenoxy) is 1. The lowest BCUT2D eigenvalue weighted by Crippen LogP contribution is -2.66. The van der Waals surface area contributed by atoms with E-state index in [-0.39, 0.29) is 18.0 Å². The van der Waals surface area contributed by atoms with Gasteiger partial charge in [-0.05, 0) is 75.8 Å². The molecule has 2 saturated heterocycles. The van der Waals surface area contributed by atoms with Crippen LogP contribution in [0.15, 0.2) is 12.1 Å². The largest absolute Gasteiger partial charge is 0.496 e. The quantitative estimate of drug-likeness (QED) is 0.625. The minimum atomic E-state index is -0.574. The molecule has 3 unspecified atom stereocenters. The molecule has 3 saturated carbocycles. The summed E-state index contributed by atoms with van der Waals surface area (Å²) in [5.74, 6) is 1.29. The second kappa shape index (κ2) is 6.98. The first kappa shape index (κ1) is 19.9. The molecule has 1 aromatic carbocycles. The van der Waals surface area contributed by atoms with Crippen molar-refractivity contribution in [3.05, 3.63) is 23.3 Å². The van der Waals surface area contributed by atoms with E-state index in [4.69, 9.17) is 10.1 Å². The Balaban J connectivity index is 1.45. The first-order valence-electron chi connectivity index (χ1n) is 11.4. The number of aliphatic hydroxyl groups is 1. The number of carbonyl (C=O) groups is 1. The molecule has 3 aliphatic carbocycles. The van der Waals surface area contributed by atoms with E-state index in [2.05, 4.69) is 5.32 Å². The fourth-order valence-electron chi connectivity index (χ4n) is 6.56. The number of benzene rings is 1. The van der Waals surface area contributed by atoms with Crippen LogP contribution in [0.25, 0.3) is 0 Å². The molecule has 30 heavy (non-hydrogen) atoms. The van der Waals surface area contributed by atoms with Gasteiger partial charge < -0.3 is 25.5 Å². The van der Waals surface area contributed by atoms with Crippen LogP contribution in [0.1, 0.15) is 68.9 Å². The third-order valence-corrected chi connectivity index (χ3v) is 7.91. The second-order valence-electron chi connectivity index (χ2n) is 9.99. The molecule has 4 bridgehead atoms. The van der Waals surface area contributed by atoms with Gasteiger partial charge in [0.05, 0.1) is 24.3 Å². The molecule has 5 aliphatic rings. The van der Waals surface area contributed by atoms with Crippen LogP contribution in [0.5, 0.6) is 5.75 Å². The number of methoxy groups -OCH3 is 1. The van der Waals surface area contributed by atoms with E-state index in [1.165, 1.54) is 0 Å². The highest BCUT2D eigenvalue weighted by molar-refractivity contribution is 6.15. The highest BCUT2D eigenvalue weighted by Crippen LogP contribution is 2.52. The maximum absolute atomic E-state index is 13.7. The van der Waals surface area contributed by atoms with Crippen LogP contribution in [0.4, 0.5) is 5.69 Å². The first-order chi connectivity index (χ1) is 14.3. The van der Waals surface area contributed by atoms with Gasteiger partial charge in [-0.1, -0.05) is 0 Å². The first-order valence-corrected chi connectivity index (χ1v) is 11.4. The fraction of sp³-hybridized carbons (Fsp3) is 0.667. The monoisotopic (exact) mass is 411 g/mol. The van der Waals surface area contributed by atoms with Crippen LogP contribution in [-0.4, -0.2) is 53.5 Å². The number of nitrogens with one attached hydrogen (secondary N) is 2. The Kier molecular flexibility index (Phi) is 4.62. The third-order valence-electron chi connectivity index (χ3n) is 7.91. The summed E-state index contributed by atoms with van der Waals surface area (Å²) in [7, 11) is 3.54. The lowest BCUT2D eigenvalue weighted by atomic mass is 9.61. The molecule has 2 heterocycles. The summed E-state index contributed by atoms with van der Waals surface area (Å²) in [4.78, 5) is 15.7. The predicted molar refractivity (Wildman–Crippen MR) is 116 cm³/mol. The van der Waals surface area contributed by atoms with Gasteiger partial charge in [0, 0.05) is 35.9 Å². The molecule has 6 nitrogen and oxygen atoms in total. The molecule has 0 spiro atoms. The van der Waals surface area contributed by atoms with Gasteiger partial charge in [0.15, 0.2) is 0 Å². The van der Waals surface area contributed by atoms with E-state index < -0.39 is 11.5 Å². The standard InChI is InChI=1S/C24H33N3O3/c1-13(23(28)27-16-8-14-9-17(27)12-24(29,10-14)11-16)22(25)21-18(26-2)6-7-19(30-3)20(21)15-4-5-15/h6-7,13-17,25-26,29H,4-5,8-12H2,1-3H3. The number of hydrogen-bond acceptors (Lipinski definition) is 5. The zero-order valence-electron chi connectivity index (χ0n) is 18.2. The Morgan fingerprint density at radius 3 is 2.47 bits per heavy atom. The predicted octanol–water partition coefficient (Wildman–Crippen LogP) is 3.52. The Morgan fingerprint density at radius 1 is 1.27 bits per heavy atom. The molecule has 6 heteroatoms. The molecular formula is C24H33N3O3. The average molecular weight is 412 g/mol. The Morgan fingerprint density at radius 2 is 1.93 bits per heavy atom. The Labute approximate surface area is 178 Å². The lowest BCUT2D eigenvalue weighted by molar-refractivity contribution is -0.175. The molecule has 1 amide bonds. The van der Waals surface area contributed by atoms with Crippen molar-refractivity contribution in [3.63, 3.8) is 0 Å². The number of nitrogens with zero attached hydrogens (tertiary/aromatic N) is 1. The summed E-state index contributed by atoms with van der Waals surface area (Å²) in [6.07, 6.45) is 6.48. The highest BCUT2D eigenvalue weighted by Gasteiger charge is 2.55. The number of hydrogen-bond donors (Lipinski definition) is 3. The number of rotatable bonds is 6. The van der Waals surface area contributed by atoms with Crippen molar-refractivity contribution < 1.29 is 14.6 Å². The lowest BCUT2D eigenvalue weighted by Gasteiger charge is -2.60. The molecule has 0 radical (unpaired) electrons. The molecule has 5 fully saturated rings. The Hall–Kier alpha value is -2.08. The summed E-state index contributed by atoms with van der Waals surface area (Å²) >= 11 is 0. The number of carbonyl (C=O) groups excluding carboxylic acids is 1. The summed E-state index contributed by atoms with van der Waals surface area (Å²) in [5.41, 5.74) is 2.59. The smallest absolute Gasteiger partial charge is 0.231 e. The Bertz CT molecular complexity index is 878. The molecule has 162 valence electrons. The van der Waals surface area contributed by atoms with E-state index in [0.717, 1.165) is 54.7 Å². The van der Waals surface area contributed by atoms with Crippen LogP contribution in [0.2, 0.25) is 0 Å². The maximum atomic E-state index is 13.7. The van der Waals surface area contributed by atoms with Crippen LogP contribution < -0.4 is 10.1 Å². The zero-order valence-corrected chi connectivity index (χ0v) is 18.2. The fourth-order valence-corrected chi connectivity index (χ4v) is 6.56. The van der Waals surface area contributed by atoms with Crippen molar-refractivity contribution in [2.45, 2.75) is 75.5 Å². The SMILES string of the molecule is CNc1ccc(OC)c(C2CC2)c1C(=N)C(C)C(=O)N1C2CC3CC1CC(O)(C3)C2. The van der Waals surface area contributed by atoms with Gasteiger partial charge in [0.1, 0.15) is 5.75 Å². The maximum Gasteiger partial charge on any atom is 0.231 e. The van der Waals surface area contributed by atoms with Crippen LogP contribution >= 0.6 is 0 Å². The number of piperidine rings is 2. The van der Waals surface area contributed by atoms with E-state index in [0.29, 0.717) is 30.4 Å². The average Bonchev–Trinajstić information content (AvgIpc) is 3.54. The summed E-state index contributed by atoms with van der Waals surface area (Å²) in [6, 6.07) is 4.16. The summed E-state index contributed by atoms with van der Waals surface area (Å²) < 4.78 is 5.63. The van der Waals surface area contributed by atoms with Gasteiger partial charge in [-0.15, -0.1) is 0 Å². The minimum absolute atomic E-state index is 0.0454. The molecule has 3 N–H and O–H groups in total. The van der Waals surface area contributed by atoms with Crippen molar-refractivity contribution in [3.8, 4) is 5.75 Å².